The van der Waals surface area contributed by atoms with E-state index in [1.54, 1.807) is 0 Å². The normalized spacial score (nSPS) is 22.4. The highest BCUT2D eigenvalue weighted by atomic mass is 16.5. The lowest BCUT2D eigenvalue weighted by atomic mass is 9.81. The zero-order valence-electron chi connectivity index (χ0n) is 13.7. The Labute approximate surface area is 129 Å². The molecule has 120 valence electrons. The Hall–Kier alpha value is -1.03. The monoisotopic (exact) mass is 293 g/mol. The van der Waals surface area contributed by atoms with E-state index in [9.17, 15) is 0 Å². The Kier molecular flexibility index (Phi) is 7.07. The Morgan fingerprint density at radius 1 is 1.24 bits per heavy atom. The van der Waals surface area contributed by atoms with Crippen molar-refractivity contribution in [1.29, 1.82) is 0 Å². The molecule has 1 aliphatic rings. The molecule has 4 nitrogen and oxygen atoms in total. The fraction of sp³-hybridized carbons (Fsp3) is 0.824. The summed E-state index contributed by atoms with van der Waals surface area (Å²) in [5.74, 6) is 2.82. The molecule has 1 N–H and O–H groups in total. The number of anilines is 1. The van der Waals surface area contributed by atoms with E-state index < -0.39 is 0 Å². The number of aromatic nitrogens is 2. The fourth-order valence-corrected chi connectivity index (χ4v) is 3.24. The number of hydrogen-bond acceptors (Lipinski definition) is 3. The van der Waals surface area contributed by atoms with Gasteiger partial charge in [-0.25, -0.2) is 4.98 Å². The molecule has 21 heavy (non-hydrogen) atoms. The number of rotatable bonds is 9. The van der Waals surface area contributed by atoms with Gasteiger partial charge in [-0.3, -0.25) is 0 Å². The Bertz CT molecular complexity index is 383. The first-order chi connectivity index (χ1) is 10.3. The van der Waals surface area contributed by atoms with Gasteiger partial charge in [-0.05, 0) is 38.0 Å². The van der Waals surface area contributed by atoms with Crippen LogP contribution in [0.1, 0.15) is 52.4 Å². The Morgan fingerprint density at radius 3 is 2.71 bits per heavy atom. The van der Waals surface area contributed by atoms with Crippen LogP contribution in [0.2, 0.25) is 0 Å². The molecule has 0 atom stereocenters. The molecule has 1 fully saturated rings. The quantitative estimate of drug-likeness (QED) is 0.701. The maximum Gasteiger partial charge on any atom is 0.202 e. The van der Waals surface area contributed by atoms with Gasteiger partial charge in [0.1, 0.15) is 0 Å². The molecule has 0 aromatic carbocycles. The minimum absolute atomic E-state index is 0.801. The van der Waals surface area contributed by atoms with Gasteiger partial charge in [0, 0.05) is 38.7 Å². The van der Waals surface area contributed by atoms with Crippen molar-refractivity contribution < 1.29 is 4.74 Å². The summed E-state index contributed by atoms with van der Waals surface area (Å²) in [5.41, 5.74) is 0. The van der Waals surface area contributed by atoms with Crippen LogP contribution in [0.3, 0.4) is 0 Å². The van der Waals surface area contributed by atoms with E-state index in [1.807, 2.05) is 13.1 Å². The molecule has 1 aliphatic carbocycles. The zero-order valence-corrected chi connectivity index (χ0v) is 13.7. The summed E-state index contributed by atoms with van der Waals surface area (Å²) >= 11 is 0. The number of imidazole rings is 1. The highest BCUT2D eigenvalue weighted by molar-refractivity contribution is 5.25. The third-order valence-electron chi connectivity index (χ3n) is 4.67. The zero-order chi connectivity index (χ0) is 14.9. The van der Waals surface area contributed by atoms with Gasteiger partial charge in [-0.1, -0.05) is 26.2 Å². The molecule has 4 heteroatoms. The van der Waals surface area contributed by atoms with Gasteiger partial charge in [0.2, 0.25) is 5.95 Å². The maximum absolute atomic E-state index is 5.36. The van der Waals surface area contributed by atoms with Crippen LogP contribution in [0.25, 0.3) is 0 Å². The van der Waals surface area contributed by atoms with Crippen molar-refractivity contribution in [2.24, 2.45) is 11.8 Å². The summed E-state index contributed by atoms with van der Waals surface area (Å²) in [5, 5.41) is 3.43. The van der Waals surface area contributed by atoms with Crippen molar-refractivity contribution in [1.82, 2.24) is 9.55 Å². The molecule has 0 radical (unpaired) electrons. The summed E-state index contributed by atoms with van der Waals surface area (Å²) < 4.78 is 7.65. The van der Waals surface area contributed by atoms with Gasteiger partial charge < -0.3 is 14.6 Å². The van der Waals surface area contributed by atoms with E-state index in [4.69, 9.17) is 4.74 Å². The molecule has 0 spiro atoms. The number of nitrogens with zero attached hydrogens (tertiary/aromatic N) is 2. The minimum atomic E-state index is 0.801. The molecule has 1 aromatic heterocycles. The maximum atomic E-state index is 5.36. The van der Waals surface area contributed by atoms with Crippen LogP contribution in [0, 0.1) is 11.8 Å². The van der Waals surface area contributed by atoms with Gasteiger partial charge >= 0.3 is 0 Å². The smallest absolute Gasteiger partial charge is 0.202 e. The average molecular weight is 293 g/mol. The molecule has 0 amide bonds. The van der Waals surface area contributed by atoms with Crippen LogP contribution in [0.5, 0.6) is 0 Å². The second kappa shape index (κ2) is 9.08. The van der Waals surface area contributed by atoms with E-state index in [0.717, 1.165) is 50.5 Å². The summed E-state index contributed by atoms with van der Waals surface area (Å²) in [4.78, 5) is 4.44. The lowest BCUT2D eigenvalue weighted by Crippen LogP contribution is -2.20. The Morgan fingerprint density at radius 2 is 2.00 bits per heavy atom. The van der Waals surface area contributed by atoms with Gasteiger partial charge in [0.05, 0.1) is 0 Å². The second-order valence-corrected chi connectivity index (χ2v) is 6.18. The summed E-state index contributed by atoms with van der Waals surface area (Å²) in [6.45, 7) is 8.03. The summed E-state index contributed by atoms with van der Waals surface area (Å²) in [6.07, 6.45) is 12.0. The van der Waals surface area contributed by atoms with Crippen molar-refractivity contribution in [2.75, 3.05) is 25.1 Å². The van der Waals surface area contributed by atoms with Gasteiger partial charge in [0.25, 0.3) is 0 Å². The standard InChI is InChI=1S/C17H31N3O/c1-3-15-6-8-16(9-7-15)14-20-12-11-19-17(20)18-10-5-13-21-4-2/h11-12,15-16H,3-10,13-14H2,1-2H3,(H,18,19). The molecular weight excluding hydrogens is 262 g/mol. The lowest BCUT2D eigenvalue weighted by Gasteiger charge is -2.28. The van der Waals surface area contributed by atoms with Crippen molar-refractivity contribution in [3.05, 3.63) is 12.4 Å². The molecule has 0 unspecified atom stereocenters. The van der Waals surface area contributed by atoms with Crippen molar-refractivity contribution >= 4 is 5.95 Å². The predicted octanol–water partition coefficient (Wildman–Crippen LogP) is 3.94. The van der Waals surface area contributed by atoms with Crippen LogP contribution < -0.4 is 5.32 Å². The first-order valence-corrected chi connectivity index (χ1v) is 8.66. The predicted molar refractivity (Wildman–Crippen MR) is 87.6 cm³/mol. The molecule has 0 bridgehead atoms. The first kappa shape index (κ1) is 16.3. The van der Waals surface area contributed by atoms with Crippen LogP contribution in [0.15, 0.2) is 12.4 Å². The molecule has 1 heterocycles. The second-order valence-electron chi connectivity index (χ2n) is 6.18. The number of hydrogen-bond donors (Lipinski definition) is 1. The SMILES string of the molecule is CCOCCCNc1nccn1CC1CCC(CC)CC1. The van der Waals surface area contributed by atoms with E-state index >= 15 is 0 Å². The topological polar surface area (TPSA) is 39.1 Å². The average Bonchev–Trinajstić information content (AvgIpc) is 2.95. The lowest BCUT2D eigenvalue weighted by molar-refractivity contribution is 0.147. The van der Waals surface area contributed by atoms with Crippen molar-refractivity contribution in [3.8, 4) is 0 Å². The number of nitrogens with one attached hydrogen (secondary N) is 1. The summed E-state index contributed by atoms with van der Waals surface area (Å²) in [7, 11) is 0. The van der Waals surface area contributed by atoms with E-state index in [0.29, 0.717) is 0 Å². The molecule has 0 saturated heterocycles. The Balaban J connectivity index is 1.73. The molecule has 1 saturated carbocycles. The third kappa shape index (κ3) is 5.34. The first-order valence-electron chi connectivity index (χ1n) is 8.66. The van der Waals surface area contributed by atoms with Gasteiger partial charge in [-0.2, -0.15) is 0 Å². The van der Waals surface area contributed by atoms with Crippen LogP contribution >= 0.6 is 0 Å². The van der Waals surface area contributed by atoms with Gasteiger partial charge in [-0.15, -0.1) is 0 Å². The van der Waals surface area contributed by atoms with E-state index in [-0.39, 0.29) is 0 Å². The fourth-order valence-electron chi connectivity index (χ4n) is 3.24. The van der Waals surface area contributed by atoms with Crippen molar-refractivity contribution in [2.45, 2.75) is 58.9 Å². The molecule has 1 aromatic rings. The van der Waals surface area contributed by atoms with E-state index in [1.165, 1.54) is 32.1 Å². The largest absolute Gasteiger partial charge is 0.382 e. The van der Waals surface area contributed by atoms with Crippen molar-refractivity contribution in [3.63, 3.8) is 0 Å². The minimum Gasteiger partial charge on any atom is -0.382 e. The van der Waals surface area contributed by atoms with Crippen LogP contribution in [0.4, 0.5) is 5.95 Å². The molecular formula is C17H31N3O. The van der Waals surface area contributed by atoms with E-state index in [2.05, 4.69) is 28.0 Å². The van der Waals surface area contributed by atoms with Gasteiger partial charge in [0.15, 0.2) is 0 Å². The summed E-state index contributed by atoms with van der Waals surface area (Å²) in [6, 6.07) is 0. The number of ether oxygens (including phenoxy) is 1. The highest BCUT2D eigenvalue weighted by Gasteiger charge is 2.20. The third-order valence-corrected chi connectivity index (χ3v) is 4.67. The molecule has 2 rings (SSSR count). The van der Waals surface area contributed by atoms with Crippen LogP contribution in [-0.4, -0.2) is 29.3 Å². The molecule has 0 aliphatic heterocycles. The van der Waals surface area contributed by atoms with Crippen LogP contribution in [-0.2, 0) is 11.3 Å². The highest BCUT2D eigenvalue weighted by Crippen LogP contribution is 2.31.